The molecule has 0 heterocycles. The van der Waals surface area contributed by atoms with Crippen LogP contribution in [0.1, 0.15) is 10.4 Å². The first-order chi connectivity index (χ1) is 10.9. The first-order valence-electron chi connectivity index (χ1n) is 6.70. The van der Waals surface area contributed by atoms with Gasteiger partial charge in [-0.25, -0.2) is 8.42 Å². The molecule has 0 spiro atoms. The monoisotopic (exact) mass is 394 g/mol. The van der Waals surface area contributed by atoms with E-state index in [-0.39, 0.29) is 16.4 Å². The normalized spacial score (nSPS) is 10.8. The van der Waals surface area contributed by atoms with Crippen LogP contribution in [0.25, 0.3) is 0 Å². The molecule has 0 saturated heterocycles. The van der Waals surface area contributed by atoms with E-state index in [2.05, 4.69) is 32.5 Å². The number of sulfonamides is 1. The summed E-state index contributed by atoms with van der Waals surface area (Å²) in [4.78, 5) is 11.9. The number of rotatable bonds is 6. The third-order valence-corrected chi connectivity index (χ3v) is 4.82. The number of benzene rings is 2. The average Bonchev–Trinajstić information content (AvgIpc) is 2.54. The molecule has 0 fully saturated rings. The van der Waals surface area contributed by atoms with Gasteiger partial charge in [-0.3, -0.25) is 9.52 Å². The van der Waals surface area contributed by atoms with Crippen molar-refractivity contribution in [1.29, 1.82) is 0 Å². The van der Waals surface area contributed by atoms with E-state index in [0.29, 0.717) is 12.2 Å². The molecule has 0 radical (unpaired) electrons. The molecule has 1 amide bonds. The molecule has 2 aromatic rings. The number of carbonyl (C=O) groups excluding carboxylic acids is 1. The topological polar surface area (TPSA) is 75.3 Å². The summed E-state index contributed by atoms with van der Waals surface area (Å²) in [7, 11) is -3.77. The quantitative estimate of drug-likeness (QED) is 0.738. The van der Waals surface area contributed by atoms with Gasteiger partial charge in [-0.15, -0.1) is 6.58 Å². The lowest BCUT2D eigenvalue weighted by molar-refractivity contribution is 0.0958. The van der Waals surface area contributed by atoms with E-state index in [1.807, 2.05) is 0 Å². The largest absolute Gasteiger partial charge is 0.349 e. The molecule has 7 heteroatoms. The van der Waals surface area contributed by atoms with Crippen molar-refractivity contribution >= 4 is 37.5 Å². The van der Waals surface area contributed by atoms with Crippen LogP contribution in [-0.2, 0) is 10.0 Å². The lowest BCUT2D eigenvalue weighted by Crippen LogP contribution is -2.23. The maximum Gasteiger partial charge on any atom is 0.261 e. The van der Waals surface area contributed by atoms with Crippen molar-refractivity contribution in [2.24, 2.45) is 0 Å². The van der Waals surface area contributed by atoms with Crippen LogP contribution in [0.2, 0.25) is 0 Å². The zero-order chi connectivity index (χ0) is 16.9. The Morgan fingerprint density at radius 2 is 1.87 bits per heavy atom. The third-order valence-electron chi connectivity index (χ3n) is 2.91. The second-order valence-electron chi connectivity index (χ2n) is 4.64. The number of hydrogen-bond donors (Lipinski definition) is 2. The van der Waals surface area contributed by atoms with Gasteiger partial charge < -0.3 is 5.32 Å². The second-order valence-corrected chi connectivity index (χ2v) is 7.24. The highest BCUT2D eigenvalue weighted by Gasteiger charge is 2.16. The van der Waals surface area contributed by atoms with Crippen molar-refractivity contribution in [2.45, 2.75) is 4.90 Å². The van der Waals surface area contributed by atoms with Crippen molar-refractivity contribution in [3.63, 3.8) is 0 Å². The highest BCUT2D eigenvalue weighted by atomic mass is 79.9. The molecule has 0 aliphatic rings. The fourth-order valence-electron chi connectivity index (χ4n) is 1.80. The van der Waals surface area contributed by atoms with Gasteiger partial charge in [-0.1, -0.05) is 28.1 Å². The van der Waals surface area contributed by atoms with E-state index in [4.69, 9.17) is 0 Å². The standard InChI is InChI=1S/C16H15BrN2O3S/c1-2-10-18-16(20)12-4-3-5-15(11-12)23(21,22)19-14-8-6-13(17)7-9-14/h2-9,11,19H,1,10H2,(H,18,20). The lowest BCUT2D eigenvalue weighted by atomic mass is 10.2. The second kappa shape index (κ2) is 7.43. The zero-order valence-corrected chi connectivity index (χ0v) is 14.5. The zero-order valence-electron chi connectivity index (χ0n) is 12.1. The van der Waals surface area contributed by atoms with Gasteiger partial charge in [0, 0.05) is 22.3 Å². The molecule has 2 N–H and O–H groups in total. The van der Waals surface area contributed by atoms with Gasteiger partial charge in [0.25, 0.3) is 15.9 Å². The van der Waals surface area contributed by atoms with Crippen LogP contribution in [0, 0.1) is 0 Å². The van der Waals surface area contributed by atoms with Crippen LogP contribution in [0.3, 0.4) is 0 Å². The molecule has 120 valence electrons. The van der Waals surface area contributed by atoms with E-state index in [1.54, 1.807) is 36.4 Å². The van der Waals surface area contributed by atoms with E-state index in [1.165, 1.54) is 18.2 Å². The van der Waals surface area contributed by atoms with Gasteiger partial charge >= 0.3 is 0 Å². The Balaban J connectivity index is 2.24. The van der Waals surface area contributed by atoms with Crippen molar-refractivity contribution in [3.05, 3.63) is 71.2 Å². The van der Waals surface area contributed by atoms with Crippen LogP contribution >= 0.6 is 15.9 Å². The molecule has 23 heavy (non-hydrogen) atoms. The van der Waals surface area contributed by atoms with Crippen LogP contribution in [0.4, 0.5) is 5.69 Å². The molecular formula is C16H15BrN2O3S. The van der Waals surface area contributed by atoms with Gasteiger partial charge in [0.1, 0.15) is 0 Å². The maximum atomic E-state index is 12.4. The molecular weight excluding hydrogens is 380 g/mol. The highest BCUT2D eigenvalue weighted by Crippen LogP contribution is 2.19. The minimum absolute atomic E-state index is 0.0201. The van der Waals surface area contributed by atoms with Gasteiger partial charge in [0.2, 0.25) is 0 Å². The molecule has 2 aromatic carbocycles. The van der Waals surface area contributed by atoms with E-state index in [9.17, 15) is 13.2 Å². The van der Waals surface area contributed by atoms with Crippen molar-refractivity contribution < 1.29 is 13.2 Å². The maximum absolute atomic E-state index is 12.4. The molecule has 2 rings (SSSR count). The molecule has 0 bridgehead atoms. The molecule has 0 aromatic heterocycles. The van der Waals surface area contributed by atoms with Gasteiger partial charge in [0.05, 0.1) is 4.90 Å². The average molecular weight is 395 g/mol. The summed E-state index contributed by atoms with van der Waals surface area (Å²) in [6.45, 7) is 3.82. The molecule has 0 atom stereocenters. The first-order valence-corrected chi connectivity index (χ1v) is 8.97. The van der Waals surface area contributed by atoms with E-state index < -0.39 is 10.0 Å². The Morgan fingerprint density at radius 3 is 2.52 bits per heavy atom. The predicted molar refractivity (Wildman–Crippen MR) is 93.9 cm³/mol. The van der Waals surface area contributed by atoms with Gasteiger partial charge in [-0.05, 0) is 42.5 Å². The summed E-state index contributed by atoms with van der Waals surface area (Å²) >= 11 is 3.29. The van der Waals surface area contributed by atoms with Crippen LogP contribution in [0.5, 0.6) is 0 Å². The molecule has 0 aliphatic heterocycles. The molecule has 0 unspecified atom stereocenters. The van der Waals surface area contributed by atoms with Gasteiger partial charge in [0.15, 0.2) is 0 Å². The minimum atomic E-state index is -3.77. The number of anilines is 1. The van der Waals surface area contributed by atoms with E-state index in [0.717, 1.165) is 4.47 Å². The smallest absolute Gasteiger partial charge is 0.261 e. The SMILES string of the molecule is C=CCNC(=O)c1cccc(S(=O)(=O)Nc2ccc(Br)cc2)c1. The van der Waals surface area contributed by atoms with Crippen LogP contribution in [-0.4, -0.2) is 20.9 Å². The lowest BCUT2D eigenvalue weighted by Gasteiger charge is -2.09. The first kappa shape index (κ1) is 17.2. The summed E-state index contributed by atoms with van der Waals surface area (Å²) in [6.07, 6.45) is 1.55. The Hall–Kier alpha value is -2.12. The van der Waals surface area contributed by atoms with E-state index >= 15 is 0 Å². The minimum Gasteiger partial charge on any atom is -0.349 e. The summed E-state index contributed by atoms with van der Waals surface area (Å²) < 4.78 is 28.1. The Labute approximate surface area is 143 Å². The van der Waals surface area contributed by atoms with Gasteiger partial charge in [-0.2, -0.15) is 0 Å². The Morgan fingerprint density at radius 1 is 1.17 bits per heavy atom. The Bertz CT molecular complexity index is 817. The third kappa shape index (κ3) is 4.67. The summed E-state index contributed by atoms with van der Waals surface area (Å²) in [5, 5.41) is 2.61. The van der Waals surface area contributed by atoms with Crippen LogP contribution in [0.15, 0.2) is 70.6 Å². The Kier molecular flexibility index (Phi) is 5.57. The fourth-order valence-corrected chi connectivity index (χ4v) is 3.17. The summed E-state index contributed by atoms with van der Waals surface area (Å²) in [5.74, 6) is -0.356. The number of nitrogens with one attached hydrogen (secondary N) is 2. The number of halogens is 1. The summed E-state index contributed by atoms with van der Waals surface area (Å²) in [6, 6.07) is 12.6. The summed E-state index contributed by atoms with van der Waals surface area (Å²) in [5.41, 5.74) is 0.709. The highest BCUT2D eigenvalue weighted by molar-refractivity contribution is 9.10. The number of carbonyl (C=O) groups is 1. The van der Waals surface area contributed by atoms with Crippen molar-refractivity contribution in [3.8, 4) is 0 Å². The molecule has 5 nitrogen and oxygen atoms in total. The molecule has 0 aliphatic carbocycles. The van der Waals surface area contributed by atoms with Crippen molar-refractivity contribution in [1.82, 2.24) is 5.32 Å². The number of hydrogen-bond acceptors (Lipinski definition) is 3. The molecule has 0 saturated carbocycles. The predicted octanol–water partition coefficient (Wildman–Crippen LogP) is 3.17. The van der Waals surface area contributed by atoms with Crippen molar-refractivity contribution in [2.75, 3.05) is 11.3 Å². The fraction of sp³-hybridized carbons (Fsp3) is 0.0625. The number of amides is 1. The van der Waals surface area contributed by atoms with Crippen LogP contribution < -0.4 is 10.0 Å².